The predicted octanol–water partition coefficient (Wildman–Crippen LogP) is 3.12. The van der Waals surface area contributed by atoms with Crippen LogP contribution in [0.15, 0.2) is 12.1 Å². The van der Waals surface area contributed by atoms with E-state index >= 15 is 0 Å². The number of benzene rings is 1. The van der Waals surface area contributed by atoms with Crippen molar-refractivity contribution in [1.29, 1.82) is 0 Å². The first kappa shape index (κ1) is 18.4. The van der Waals surface area contributed by atoms with Gasteiger partial charge < -0.3 is 15.5 Å². The van der Waals surface area contributed by atoms with Crippen LogP contribution in [0.25, 0.3) is 0 Å². The van der Waals surface area contributed by atoms with Crippen molar-refractivity contribution in [3.05, 3.63) is 29.3 Å². The molecule has 3 amide bonds. The van der Waals surface area contributed by atoms with Gasteiger partial charge in [0.1, 0.15) is 17.2 Å². The Morgan fingerprint density at radius 1 is 1.19 bits per heavy atom. The molecular formula is C16H16F5N3O2. The summed E-state index contributed by atoms with van der Waals surface area (Å²) in [5.74, 6) is -3.66. The Kier molecular flexibility index (Phi) is 4.76. The van der Waals surface area contributed by atoms with Crippen LogP contribution in [0.1, 0.15) is 24.8 Å². The summed E-state index contributed by atoms with van der Waals surface area (Å²) in [4.78, 5) is 25.4. The number of carbonyl (C=O) groups is 2. The zero-order valence-corrected chi connectivity index (χ0v) is 13.5. The highest BCUT2D eigenvalue weighted by molar-refractivity contribution is 5.89. The van der Waals surface area contributed by atoms with Gasteiger partial charge in [0.2, 0.25) is 5.91 Å². The van der Waals surface area contributed by atoms with E-state index in [9.17, 15) is 31.5 Å². The number of likely N-dealkylation sites (tertiary alicyclic amines) is 1. The van der Waals surface area contributed by atoms with E-state index in [1.54, 1.807) is 4.90 Å². The lowest BCUT2D eigenvalue weighted by Crippen LogP contribution is -2.34. The van der Waals surface area contributed by atoms with Gasteiger partial charge in [-0.25, -0.2) is 13.6 Å². The molecule has 5 nitrogen and oxygen atoms in total. The molecule has 3 rings (SSSR count). The van der Waals surface area contributed by atoms with Crippen LogP contribution in [0.5, 0.6) is 0 Å². The van der Waals surface area contributed by atoms with Gasteiger partial charge in [0.05, 0.1) is 0 Å². The van der Waals surface area contributed by atoms with E-state index in [2.05, 4.69) is 10.6 Å². The number of alkyl halides is 3. The Morgan fingerprint density at radius 3 is 2.35 bits per heavy atom. The van der Waals surface area contributed by atoms with Gasteiger partial charge in [-0.2, -0.15) is 13.2 Å². The van der Waals surface area contributed by atoms with Crippen molar-refractivity contribution in [3.63, 3.8) is 0 Å². The molecule has 1 aliphatic carbocycles. The molecule has 0 spiro atoms. The van der Waals surface area contributed by atoms with Crippen LogP contribution in [0, 0.1) is 17.6 Å². The molecule has 1 atom stereocenters. The SMILES string of the molecule is O=C(NC[C@H]1CC(=O)N(C2CC2)C1)Nc1cc(F)c(C(F)(F)F)c(F)c1. The van der Waals surface area contributed by atoms with Crippen molar-refractivity contribution < 1.29 is 31.5 Å². The normalized spacial score (nSPS) is 20.4. The van der Waals surface area contributed by atoms with Gasteiger partial charge in [0.25, 0.3) is 0 Å². The van der Waals surface area contributed by atoms with Gasteiger partial charge in [-0.15, -0.1) is 0 Å². The Morgan fingerprint density at radius 2 is 1.81 bits per heavy atom. The van der Waals surface area contributed by atoms with E-state index in [4.69, 9.17) is 0 Å². The van der Waals surface area contributed by atoms with Crippen LogP contribution in [0.3, 0.4) is 0 Å². The molecule has 26 heavy (non-hydrogen) atoms. The van der Waals surface area contributed by atoms with Crippen molar-refractivity contribution in [1.82, 2.24) is 10.2 Å². The second kappa shape index (κ2) is 6.73. The second-order valence-electron chi connectivity index (χ2n) is 6.50. The minimum Gasteiger partial charge on any atom is -0.339 e. The van der Waals surface area contributed by atoms with Crippen molar-refractivity contribution in [2.75, 3.05) is 18.4 Å². The fourth-order valence-electron chi connectivity index (χ4n) is 3.01. The Hall–Kier alpha value is -2.39. The van der Waals surface area contributed by atoms with Crippen molar-refractivity contribution >= 4 is 17.6 Å². The fourth-order valence-corrected chi connectivity index (χ4v) is 3.01. The molecule has 1 aromatic carbocycles. The van der Waals surface area contributed by atoms with Crippen molar-refractivity contribution in [2.24, 2.45) is 5.92 Å². The van der Waals surface area contributed by atoms with Crippen molar-refractivity contribution in [2.45, 2.75) is 31.5 Å². The van der Waals surface area contributed by atoms with E-state index < -0.39 is 35.1 Å². The molecule has 2 N–H and O–H groups in total. The van der Waals surface area contributed by atoms with Gasteiger partial charge in [0.15, 0.2) is 0 Å². The highest BCUT2D eigenvalue weighted by Crippen LogP contribution is 2.35. The topological polar surface area (TPSA) is 61.4 Å². The number of carbonyl (C=O) groups excluding carboxylic acids is 2. The minimum atomic E-state index is -5.17. The van der Waals surface area contributed by atoms with E-state index in [0.717, 1.165) is 12.8 Å². The van der Waals surface area contributed by atoms with Gasteiger partial charge in [-0.1, -0.05) is 0 Å². The predicted molar refractivity (Wildman–Crippen MR) is 81.2 cm³/mol. The number of anilines is 1. The summed E-state index contributed by atoms with van der Waals surface area (Å²) in [5.41, 5.74) is -2.44. The third-order valence-corrected chi connectivity index (χ3v) is 4.36. The molecule has 1 aromatic rings. The van der Waals surface area contributed by atoms with E-state index in [0.29, 0.717) is 31.1 Å². The molecule has 1 aliphatic heterocycles. The highest BCUT2D eigenvalue weighted by Gasteiger charge is 2.39. The van der Waals surface area contributed by atoms with Crippen LogP contribution in [-0.2, 0) is 11.0 Å². The van der Waals surface area contributed by atoms with Crippen LogP contribution in [0.2, 0.25) is 0 Å². The average Bonchev–Trinajstić information content (AvgIpc) is 3.26. The quantitative estimate of drug-likeness (QED) is 0.792. The summed E-state index contributed by atoms with van der Waals surface area (Å²) in [7, 11) is 0. The van der Waals surface area contributed by atoms with Gasteiger partial charge in [-0.05, 0) is 25.0 Å². The molecule has 0 aromatic heterocycles. The number of nitrogens with zero attached hydrogens (tertiary/aromatic N) is 1. The number of amides is 3. The summed E-state index contributed by atoms with van der Waals surface area (Å²) < 4.78 is 64.5. The smallest absolute Gasteiger partial charge is 0.339 e. The molecule has 2 fully saturated rings. The average molecular weight is 377 g/mol. The zero-order valence-electron chi connectivity index (χ0n) is 13.5. The molecule has 0 unspecified atom stereocenters. The third-order valence-electron chi connectivity index (χ3n) is 4.36. The maximum atomic E-state index is 13.5. The third kappa shape index (κ3) is 4.05. The molecule has 142 valence electrons. The largest absolute Gasteiger partial charge is 0.422 e. The minimum absolute atomic E-state index is 0.0339. The van der Waals surface area contributed by atoms with Gasteiger partial charge >= 0.3 is 12.2 Å². The number of hydrogen-bond acceptors (Lipinski definition) is 2. The standard InChI is InChI=1S/C16H16F5N3O2/c17-11-4-9(5-12(18)14(11)16(19,20)21)23-15(26)22-6-8-3-13(25)24(7-8)10-1-2-10/h4-5,8,10H,1-3,6-7H2,(H2,22,23,26)/t8-/m1/s1. The summed E-state index contributed by atoms with van der Waals surface area (Å²) in [6.45, 7) is 0.708. The van der Waals surface area contributed by atoms with E-state index in [-0.39, 0.29) is 18.4 Å². The van der Waals surface area contributed by atoms with Crippen molar-refractivity contribution in [3.8, 4) is 0 Å². The maximum absolute atomic E-state index is 13.5. The molecule has 1 heterocycles. The van der Waals surface area contributed by atoms with Gasteiger partial charge in [-0.3, -0.25) is 4.79 Å². The number of halogens is 5. The summed E-state index contributed by atoms with van der Waals surface area (Å²) >= 11 is 0. The highest BCUT2D eigenvalue weighted by atomic mass is 19.4. The lowest BCUT2D eigenvalue weighted by molar-refractivity contribution is -0.142. The Bertz CT molecular complexity index is 710. The number of hydrogen-bond donors (Lipinski definition) is 2. The van der Waals surface area contributed by atoms with Crippen LogP contribution < -0.4 is 10.6 Å². The zero-order chi connectivity index (χ0) is 19.1. The second-order valence-corrected chi connectivity index (χ2v) is 6.50. The fraction of sp³-hybridized carbons (Fsp3) is 0.500. The first-order valence-corrected chi connectivity index (χ1v) is 8.05. The molecule has 2 aliphatic rings. The molecule has 0 bridgehead atoms. The Balaban J connectivity index is 1.54. The lowest BCUT2D eigenvalue weighted by Gasteiger charge is -2.16. The number of urea groups is 1. The molecular weight excluding hydrogens is 361 g/mol. The first-order valence-electron chi connectivity index (χ1n) is 8.05. The molecule has 1 saturated heterocycles. The first-order chi connectivity index (χ1) is 12.1. The van der Waals surface area contributed by atoms with E-state index in [1.807, 2.05) is 0 Å². The van der Waals surface area contributed by atoms with Gasteiger partial charge in [0, 0.05) is 37.2 Å². The van der Waals surface area contributed by atoms with Crippen LogP contribution >= 0.6 is 0 Å². The summed E-state index contributed by atoms with van der Waals surface area (Å²) in [6.07, 6.45) is -2.90. The lowest BCUT2D eigenvalue weighted by atomic mass is 10.1. The summed E-state index contributed by atoms with van der Waals surface area (Å²) in [6, 6.07) is 0.277. The molecule has 0 radical (unpaired) electrons. The number of rotatable bonds is 4. The maximum Gasteiger partial charge on any atom is 0.422 e. The summed E-state index contributed by atoms with van der Waals surface area (Å²) in [5, 5.41) is 4.55. The molecule has 1 saturated carbocycles. The van der Waals surface area contributed by atoms with Crippen LogP contribution in [-0.4, -0.2) is 36.0 Å². The molecule has 10 heteroatoms. The number of nitrogens with one attached hydrogen (secondary N) is 2. The Labute approximate surface area is 145 Å². The van der Waals surface area contributed by atoms with E-state index in [1.165, 1.54) is 0 Å². The monoisotopic (exact) mass is 377 g/mol. The van der Waals surface area contributed by atoms with Crippen LogP contribution in [0.4, 0.5) is 32.4 Å².